The molecule has 0 aliphatic carbocycles. The van der Waals surface area contributed by atoms with E-state index in [9.17, 15) is 5.11 Å². The van der Waals surface area contributed by atoms with Gasteiger partial charge in [-0.25, -0.2) is 0 Å². The van der Waals surface area contributed by atoms with Crippen LogP contribution in [0.25, 0.3) is 10.9 Å². The van der Waals surface area contributed by atoms with Gasteiger partial charge < -0.3 is 15.2 Å². The maximum atomic E-state index is 10.9. The number of rotatable bonds is 5. The third-order valence-corrected chi connectivity index (χ3v) is 4.51. The van der Waals surface area contributed by atoms with E-state index in [2.05, 4.69) is 15.3 Å². The van der Waals surface area contributed by atoms with Gasteiger partial charge in [-0.3, -0.25) is 9.97 Å². The summed E-state index contributed by atoms with van der Waals surface area (Å²) in [6, 6.07) is 18.9. The van der Waals surface area contributed by atoms with Crippen LogP contribution in [0.2, 0.25) is 0 Å². The van der Waals surface area contributed by atoms with Crippen LogP contribution in [-0.2, 0) is 0 Å². The molecule has 0 spiro atoms. The number of hydrogen-bond acceptors (Lipinski definition) is 5. The van der Waals surface area contributed by atoms with Crippen molar-refractivity contribution in [2.75, 3.05) is 12.4 Å². The van der Waals surface area contributed by atoms with Crippen LogP contribution in [0, 0.1) is 0 Å². The van der Waals surface area contributed by atoms with Crippen molar-refractivity contribution in [3.05, 3.63) is 90.4 Å². The molecule has 0 radical (unpaired) electrons. The van der Waals surface area contributed by atoms with Gasteiger partial charge in [-0.05, 0) is 42.0 Å². The molecule has 27 heavy (non-hydrogen) atoms. The van der Waals surface area contributed by atoms with Crippen molar-refractivity contribution in [2.45, 2.75) is 6.04 Å². The Kier molecular flexibility index (Phi) is 4.58. The first-order valence-electron chi connectivity index (χ1n) is 8.63. The molecule has 0 saturated heterocycles. The monoisotopic (exact) mass is 357 g/mol. The molecule has 2 aromatic heterocycles. The molecule has 4 aromatic rings. The molecule has 2 heterocycles. The number of anilines is 1. The van der Waals surface area contributed by atoms with E-state index >= 15 is 0 Å². The highest BCUT2D eigenvalue weighted by Crippen LogP contribution is 2.36. The Hall–Kier alpha value is -3.60. The predicted octanol–water partition coefficient (Wildman–Crippen LogP) is 4.55. The van der Waals surface area contributed by atoms with E-state index in [1.165, 1.54) is 0 Å². The molecule has 134 valence electrons. The molecule has 4 rings (SSSR count). The first kappa shape index (κ1) is 16.8. The standard InChI is InChI=1S/C22H19N3O2/c1-27-18-9-7-17(8-10-18)25-20(16-5-2-12-23-14-16)19-11-6-15-4-3-13-24-21(15)22(19)26/h2-14,20,25-26H,1H3. The van der Waals surface area contributed by atoms with E-state index in [0.29, 0.717) is 5.52 Å². The summed E-state index contributed by atoms with van der Waals surface area (Å²) in [5.74, 6) is 0.958. The van der Waals surface area contributed by atoms with Crippen molar-refractivity contribution in [2.24, 2.45) is 0 Å². The van der Waals surface area contributed by atoms with Crippen molar-refractivity contribution in [3.8, 4) is 11.5 Å². The van der Waals surface area contributed by atoms with Gasteiger partial charge in [0.15, 0.2) is 0 Å². The van der Waals surface area contributed by atoms with Crippen molar-refractivity contribution in [3.63, 3.8) is 0 Å². The Morgan fingerprint density at radius 2 is 1.78 bits per heavy atom. The summed E-state index contributed by atoms with van der Waals surface area (Å²) in [5, 5.41) is 15.3. The highest BCUT2D eigenvalue weighted by molar-refractivity contribution is 5.86. The highest BCUT2D eigenvalue weighted by Gasteiger charge is 2.20. The van der Waals surface area contributed by atoms with Gasteiger partial charge in [0.1, 0.15) is 17.0 Å². The van der Waals surface area contributed by atoms with Crippen molar-refractivity contribution in [1.29, 1.82) is 0 Å². The normalized spacial score (nSPS) is 11.9. The average molecular weight is 357 g/mol. The predicted molar refractivity (Wildman–Crippen MR) is 106 cm³/mol. The Morgan fingerprint density at radius 1 is 0.963 bits per heavy atom. The number of methoxy groups -OCH3 is 1. The number of pyridine rings is 2. The van der Waals surface area contributed by atoms with Crippen LogP contribution in [0.4, 0.5) is 5.69 Å². The van der Waals surface area contributed by atoms with Gasteiger partial charge in [-0.15, -0.1) is 0 Å². The van der Waals surface area contributed by atoms with Gasteiger partial charge in [0, 0.05) is 35.2 Å². The fourth-order valence-electron chi connectivity index (χ4n) is 3.12. The number of hydrogen-bond donors (Lipinski definition) is 2. The van der Waals surface area contributed by atoms with E-state index in [1.807, 2.05) is 60.7 Å². The summed E-state index contributed by atoms with van der Waals surface area (Å²) >= 11 is 0. The number of phenolic OH excluding ortho intramolecular Hbond substituents is 1. The lowest BCUT2D eigenvalue weighted by Gasteiger charge is -2.22. The number of nitrogens with one attached hydrogen (secondary N) is 1. The van der Waals surface area contributed by atoms with Crippen molar-refractivity contribution in [1.82, 2.24) is 9.97 Å². The number of aromatic hydroxyl groups is 1. The van der Waals surface area contributed by atoms with Crippen molar-refractivity contribution >= 4 is 16.6 Å². The number of aromatic nitrogens is 2. The summed E-state index contributed by atoms with van der Waals surface area (Å²) in [4.78, 5) is 8.57. The zero-order valence-corrected chi connectivity index (χ0v) is 14.8. The smallest absolute Gasteiger partial charge is 0.147 e. The maximum Gasteiger partial charge on any atom is 0.147 e. The molecule has 0 fully saturated rings. The summed E-state index contributed by atoms with van der Waals surface area (Å²) < 4.78 is 5.22. The average Bonchev–Trinajstić information content (AvgIpc) is 2.74. The summed E-state index contributed by atoms with van der Waals surface area (Å²) in [6.07, 6.45) is 5.21. The number of benzene rings is 2. The first-order chi connectivity index (χ1) is 13.3. The zero-order valence-electron chi connectivity index (χ0n) is 14.8. The third kappa shape index (κ3) is 3.40. The van der Waals surface area contributed by atoms with Gasteiger partial charge in [0.25, 0.3) is 0 Å². The van der Waals surface area contributed by atoms with Gasteiger partial charge in [-0.2, -0.15) is 0 Å². The fourth-order valence-corrected chi connectivity index (χ4v) is 3.12. The lowest BCUT2D eigenvalue weighted by atomic mass is 9.97. The number of nitrogens with zero attached hydrogens (tertiary/aromatic N) is 2. The lowest BCUT2D eigenvalue weighted by Crippen LogP contribution is -2.13. The third-order valence-electron chi connectivity index (χ3n) is 4.51. The number of ether oxygens (including phenoxy) is 1. The van der Waals surface area contributed by atoms with Crippen LogP contribution in [0.15, 0.2) is 79.3 Å². The maximum absolute atomic E-state index is 10.9. The fraction of sp³-hybridized carbons (Fsp3) is 0.0909. The molecule has 0 amide bonds. The number of phenols is 1. The van der Waals surface area contributed by atoms with Gasteiger partial charge >= 0.3 is 0 Å². The molecule has 5 nitrogen and oxygen atoms in total. The minimum Gasteiger partial charge on any atom is -0.505 e. The lowest BCUT2D eigenvalue weighted by molar-refractivity contribution is 0.415. The molecule has 0 saturated carbocycles. The summed E-state index contributed by atoms with van der Waals surface area (Å²) in [5.41, 5.74) is 3.18. The van der Waals surface area contributed by atoms with Crippen LogP contribution in [0.3, 0.4) is 0 Å². The zero-order chi connectivity index (χ0) is 18.6. The molecular weight excluding hydrogens is 338 g/mol. The van der Waals surface area contributed by atoms with Crippen LogP contribution in [-0.4, -0.2) is 22.2 Å². The molecule has 2 aromatic carbocycles. The van der Waals surface area contributed by atoms with Crippen molar-refractivity contribution < 1.29 is 9.84 Å². The van der Waals surface area contributed by atoms with Crippen LogP contribution >= 0.6 is 0 Å². The SMILES string of the molecule is COc1ccc(NC(c2cccnc2)c2ccc3cccnc3c2O)cc1. The van der Waals surface area contributed by atoms with Crippen LogP contribution in [0.5, 0.6) is 11.5 Å². The topological polar surface area (TPSA) is 67.3 Å². The minimum atomic E-state index is -0.279. The van der Waals surface area contributed by atoms with Crippen LogP contribution < -0.4 is 10.1 Å². The molecule has 1 atom stereocenters. The van der Waals surface area contributed by atoms with Gasteiger partial charge in [-0.1, -0.05) is 24.3 Å². The summed E-state index contributed by atoms with van der Waals surface area (Å²) in [7, 11) is 1.64. The second-order valence-corrected chi connectivity index (χ2v) is 6.17. The molecule has 2 N–H and O–H groups in total. The largest absolute Gasteiger partial charge is 0.505 e. The second-order valence-electron chi connectivity index (χ2n) is 6.17. The van der Waals surface area contributed by atoms with Gasteiger partial charge in [0.05, 0.1) is 13.2 Å². The Balaban J connectivity index is 1.79. The molecule has 0 bridgehead atoms. The first-order valence-corrected chi connectivity index (χ1v) is 8.63. The van der Waals surface area contributed by atoms with E-state index in [-0.39, 0.29) is 11.8 Å². The van der Waals surface area contributed by atoms with E-state index in [1.54, 1.807) is 25.7 Å². The van der Waals surface area contributed by atoms with E-state index < -0.39 is 0 Å². The number of fused-ring (bicyclic) bond motifs is 1. The van der Waals surface area contributed by atoms with Gasteiger partial charge in [0.2, 0.25) is 0 Å². The highest BCUT2D eigenvalue weighted by atomic mass is 16.5. The quantitative estimate of drug-likeness (QED) is 0.549. The molecule has 0 aliphatic rings. The minimum absolute atomic E-state index is 0.169. The van der Waals surface area contributed by atoms with E-state index in [0.717, 1.165) is 28.0 Å². The molecule has 0 aliphatic heterocycles. The summed E-state index contributed by atoms with van der Waals surface area (Å²) in [6.45, 7) is 0. The molecular formula is C22H19N3O2. The second kappa shape index (κ2) is 7.33. The van der Waals surface area contributed by atoms with Crippen LogP contribution in [0.1, 0.15) is 17.2 Å². The molecule has 1 unspecified atom stereocenters. The Labute approximate surface area is 157 Å². The Morgan fingerprint density at radius 3 is 2.52 bits per heavy atom. The Bertz CT molecular complexity index is 1050. The van der Waals surface area contributed by atoms with E-state index in [4.69, 9.17) is 4.74 Å². The molecule has 5 heteroatoms.